The predicted molar refractivity (Wildman–Crippen MR) is 87.1 cm³/mol. The van der Waals surface area contributed by atoms with Gasteiger partial charge in [-0.15, -0.1) is 17.0 Å². The van der Waals surface area contributed by atoms with E-state index in [0.717, 1.165) is 0 Å². The van der Waals surface area contributed by atoms with Crippen molar-refractivity contribution in [2.75, 3.05) is 23.0 Å². The van der Waals surface area contributed by atoms with Crippen molar-refractivity contribution in [1.29, 1.82) is 0 Å². The normalized spacial score (nSPS) is 38.0. The molecule has 13 nitrogen and oxygen atoms in total. The molecule has 0 aliphatic carbocycles. The molecule has 4 rings (SSSR count). The number of aromatic amines is 1. The van der Waals surface area contributed by atoms with Crippen LogP contribution in [0.2, 0.25) is 0 Å². The third-order valence-electron chi connectivity index (χ3n) is 4.00. The van der Waals surface area contributed by atoms with E-state index in [0.29, 0.717) is 0 Å². The van der Waals surface area contributed by atoms with Crippen LogP contribution in [0.5, 0.6) is 0 Å². The Morgan fingerprint density at radius 1 is 1.36 bits per heavy atom. The summed E-state index contributed by atoms with van der Waals surface area (Å²) < 4.78 is 26.5. The zero-order valence-electron chi connectivity index (χ0n) is 12.3. The van der Waals surface area contributed by atoms with E-state index in [4.69, 9.17) is 15.0 Å². The molecule has 1 aromatic rings. The highest BCUT2D eigenvalue weighted by molar-refractivity contribution is 8.93. The second kappa shape index (κ2) is 5.89. The fourth-order valence-corrected chi connectivity index (χ4v) is 3.92. The molecular weight excluding hydrogens is 429 g/mol. The van der Waals surface area contributed by atoms with Gasteiger partial charge in [-0.3, -0.25) is 18.8 Å². The van der Waals surface area contributed by atoms with Crippen molar-refractivity contribution in [2.45, 2.75) is 30.3 Å². The van der Waals surface area contributed by atoms with E-state index in [1.165, 1.54) is 0 Å². The zero-order valence-corrected chi connectivity index (χ0v) is 14.9. The Morgan fingerprint density at radius 2 is 2.08 bits per heavy atom. The molecule has 0 radical (unpaired) electrons. The van der Waals surface area contributed by atoms with Crippen LogP contribution in [-0.2, 0) is 18.3 Å². The average Bonchev–Trinajstić information content (AvgIpc) is 2.47. The van der Waals surface area contributed by atoms with Gasteiger partial charge in [0.25, 0.3) is 5.56 Å². The van der Waals surface area contributed by atoms with Crippen LogP contribution in [0.25, 0.3) is 0 Å². The molecule has 0 bridgehead atoms. The van der Waals surface area contributed by atoms with Crippen LogP contribution in [0.3, 0.4) is 0 Å². The average molecular weight is 444 g/mol. The Labute approximate surface area is 149 Å². The molecule has 0 saturated carbocycles. The van der Waals surface area contributed by atoms with Crippen molar-refractivity contribution in [3.05, 3.63) is 10.4 Å². The van der Waals surface area contributed by atoms with Gasteiger partial charge in [0.15, 0.2) is 18.1 Å². The third-order valence-corrected chi connectivity index (χ3v) is 4.97. The van der Waals surface area contributed by atoms with Crippen LogP contribution in [0.15, 0.2) is 4.79 Å². The Balaban J connectivity index is 0.00000182. The number of aliphatic hydroxyl groups is 2. The molecule has 0 amide bonds. The number of nitrogens with one attached hydrogen (secondary N) is 3. The largest absolute Gasteiger partial charge is 0.472 e. The summed E-state index contributed by atoms with van der Waals surface area (Å²) >= 11 is 0. The Morgan fingerprint density at radius 3 is 2.80 bits per heavy atom. The highest BCUT2D eigenvalue weighted by atomic mass is 79.9. The first-order valence-electron chi connectivity index (χ1n) is 6.86. The predicted octanol–water partition coefficient (Wildman–Crippen LogP) is -1.94. The van der Waals surface area contributed by atoms with Crippen LogP contribution >= 0.6 is 24.8 Å². The van der Waals surface area contributed by atoms with Crippen LogP contribution in [0.4, 0.5) is 17.5 Å². The maximum atomic E-state index is 11.9. The molecular formula is C10H15BrN5O8P. The molecule has 0 spiro atoms. The fourth-order valence-electron chi connectivity index (χ4n) is 2.94. The molecule has 8 N–H and O–H groups in total. The summed E-state index contributed by atoms with van der Waals surface area (Å²) in [5.74, 6) is -2.71. The molecule has 4 heterocycles. The van der Waals surface area contributed by atoms with Crippen molar-refractivity contribution in [1.82, 2.24) is 9.97 Å². The standard InChI is InChI=1S/C10H14N5O8P.BrH/c11-9-14-6-3(7(16)15-9)12-4-8(13-6)22-2-1-21-24(19,20)23-5(2)10(4,17)18;/h2,4-5,8,12,17-18H,1H2,(H,19,20)(H4,11,13,14,15,16);1H/t2-,4-,5+,8-;/m1./s1. The van der Waals surface area contributed by atoms with Crippen LogP contribution in [0, 0.1) is 0 Å². The van der Waals surface area contributed by atoms with Crippen molar-refractivity contribution in [3.63, 3.8) is 0 Å². The van der Waals surface area contributed by atoms with Gasteiger partial charge in [0.2, 0.25) is 11.7 Å². The van der Waals surface area contributed by atoms with Crippen molar-refractivity contribution in [3.8, 4) is 0 Å². The van der Waals surface area contributed by atoms with E-state index in [2.05, 4.69) is 25.1 Å². The minimum absolute atomic E-state index is 0. The van der Waals surface area contributed by atoms with E-state index in [1.54, 1.807) is 0 Å². The number of fused-ring (bicyclic) bond motifs is 3. The molecule has 140 valence electrons. The summed E-state index contributed by atoms with van der Waals surface area (Å²) in [6.07, 6.45) is -3.64. The van der Waals surface area contributed by atoms with Crippen LogP contribution in [-0.4, -0.2) is 61.9 Å². The first-order chi connectivity index (χ1) is 11.2. The van der Waals surface area contributed by atoms with Gasteiger partial charge in [0.05, 0.1) is 6.61 Å². The Kier molecular flexibility index (Phi) is 4.37. The third kappa shape index (κ3) is 2.94. The molecule has 1 aromatic heterocycles. The van der Waals surface area contributed by atoms with Gasteiger partial charge in [-0.25, -0.2) is 4.57 Å². The Hall–Kier alpha value is -1.25. The summed E-state index contributed by atoms with van der Waals surface area (Å²) in [5.41, 5.74) is 4.75. The molecule has 3 aliphatic heterocycles. The summed E-state index contributed by atoms with van der Waals surface area (Å²) in [6.45, 7) is -0.385. The lowest BCUT2D eigenvalue weighted by molar-refractivity contribution is -0.312. The molecule has 2 saturated heterocycles. The monoisotopic (exact) mass is 443 g/mol. The van der Waals surface area contributed by atoms with Gasteiger partial charge in [-0.1, -0.05) is 0 Å². The minimum Gasteiger partial charge on any atom is -0.369 e. The maximum Gasteiger partial charge on any atom is 0.472 e. The number of nitrogen functional groups attached to an aromatic ring is 1. The highest BCUT2D eigenvalue weighted by Gasteiger charge is 2.61. The number of H-pyrrole nitrogens is 1. The molecule has 0 aromatic carbocycles. The first kappa shape index (κ1) is 18.5. The number of phosphoric acid groups is 1. The second-order valence-electron chi connectivity index (χ2n) is 5.61. The highest BCUT2D eigenvalue weighted by Crippen LogP contribution is 2.52. The number of anilines is 3. The molecule has 25 heavy (non-hydrogen) atoms. The summed E-state index contributed by atoms with van der Waals surface area (Å²) in [5, 5.41) is 26.3. The molecule has 1 unspecified atom stereocenters. The molecule has 5 atom stereocenters. The minimum atomic E-state index is -4.43. The van der Waals surface area contributed by atoms with Crippen molar-refractivity contribution < 1.29 is 33.5 Å². The van der Waals surface area contributed by atoms with Gasteiger partial charge in [0, 0.05) is 0 Å². The lowest BCUT2D eigenvalue weighted by Crippen LogP contribution is -2.73. The zero-order chi connectivity index (χ0) is 17.3. The number of hydrogen-bond donors (Lipinski definition) is 7. The number of nitrogens with two attached hydrogens (primary N) is 1. The first-order valence-corrected chi connectivity index (χ1v) is 8.36. The maximum absolute atomic E-state index is 11.9. The SMILES string of the molecule is Br.Nc1nc2c(c(=O)[nH]1)N[C@@H]1[C@H](N2)O[C@@H]2COP(=O)(O)O[C@@H]2C1(O)O. The van der Waals surface area contributed by atoms with Crippen LogP contribution < -0.4 is 21.9 Å². The van der Waals surface area contributed by atoms with E-state index >= 15 is 0 Å². The van der Waals surface area contributed by atoms with E-state index < -0.39 is 43.6 Å². The van der Waals surface area contributed by atoms with Crippen molar-refractivity contribution in [2.24, 2.45) is 0 Å². The number of phosphoric ester groups is 1. The summed E-state index contributed by atoms with van der Waals surface area (Å²) in [4.78, 5) is 27.5. The van der Waals surface area contributed by atoms with Gasteiger partial charge in [0.1, 0.15) is 17.8 Å². The lowest BCUT2D eigenvalue weighted by Gasteiger charge is -2.52. The van der Waals surface area contributed by atoms with Crippen LogP contribution in [0.1, 0.15) is 0 Å². The van der Waals surface area contributed by atoms with Gasteiger partial charge in [-0.05, 0) is 0 Å². The summed E-state index contributed by atoms with van der Waals surface area (Å²) in [7, 11) is -4.43. The molecule has 2 fully saturated rings. The van der Waals surface area contributed by atoms with Crippen molar-refractivity contribution >= 4 is 42.3 Å². The number of halogens is 1. The number of nitrogens with zero attached hydrogens (tertiary/aromatic N) is 1. The van der Waals surface area contributed by atoms with Gasteiger partial charge >= 0.3 is 7.82 Å². The quantitative estimate of drug-likeness (QED) is 0.173. The molecule has 15 heteroatoms. The summed E-state index contributed by atoms with van der Waals surface area (Å²) in [6, 6.07) is -1.30. The molecule has 3 aliphatic rings. The number of hydrogen-bond acceptors (Lipinski definition) is 11. The van der Waals surface area contributed by atoms with E-state index in [9.17, 15) is 24.5 Å². The lowest BCUT2D eigenvalue weighted by atomic mass is 9.91. The topological polar surface area (TPSA) is 201 Å². The number of ether oxygens (including phenoxy) is 1. The van der Waals surface area contributed by atoms with Gasteiger partial charge < -0.3 is 36.2 Å². The smallest absolute Gasteiger partial charge is 0.369 e. The second-order valence-corrected chi connectivity index (χ2v) is 7.02. The Bertz CT molecular complexity index is 804. The van der Waals surface area contributed by atoms with Gasteiger partial charge in [-0.2, -0.15) is 4.98 Å². The van der Waals surface area contributed by atoms with E-state index in [1.807, 2.05) is 0 Å². The fraction of sp³-hybridized carbons (Fsp3) is 0.600. The number of rotatable bonds is 0. The number of aromatic nitrogens is 2. The van der Waals surface area contributed by atoms with E-state index in [-0.39, 0.29) is 41.0 Å².